The van der Waals surface area contributed by atoms with Gasteiger partial charge in [-0.2, -0.15) is 4.31 Å². The summed E-state index contributed by atoms with van der Waals surface area (Å²) in [6.07, 6.45) is 1.65. The van der Waals surface area contributed by atoms with Gasteiger partial charge in [0.2, 0.25) is 15.9 Å². The van der Waals surface area contributed by atoms with Crippen molar-refractivity contribution in [2.45, 2.75) is 24.2 Å². The normalized spacial score (nSPS) is 15.0. The minimum absolute atomic E-state index is 0.0350. The molecule has 1 aromatic heterocycles. The molecule has 1 amide bonds. The van der Waals surface area contributed by atoms with Crippen LogP contribution in [-0.4, -0.2) is 90.1 Å². The molecule has 10 nitrogen and oxygen atoms in total. The lowest BCUT2D eigenvalue weighted by Gasteiger charge is -2.33. The molecule has 1 saturated heterocycles. The maximum atomic E-state index is 13.9. The Kier molecular flexibility index (Phi) is 9.31. The van der Waals surface area contributed by atoms with Gasteiger partial charge in [0.15, 0.2) is 5.13 Å². The zero-order valence-electron chi connectivity index (χ0n) is 23.0. The molecular formula is C27H36N4O6S2. The Balaban J connectivity index is 1.54. The van der Waals surface area contributed by atoms with Gasteiger partial charge in [-0.15, -0.1) is 0 Å². The van der Waals surface area contributed by atoms with Crippen molar-refractivity contribution in [3.05, 3.63) is 36.4 Å². The van der Waals surface area contributed by atoms with Crippen molar-refractivity contribution in [3.63, 3.8) is 0 Å². The van der Waals surface area contributed by atoms with Crippen LogP contribution in [0.15, 0.2) is 41.3 Å². The number of aromatic nitrogens is 1. The number of rotatable bonds is 11. The third-order valence-corrected chi connectivity index (χ3v) is 9.89. The van der Waals surface area contributed by atoms with E-state index in [0.29, 0.717) is 47.3 Å². The Morgan fingerprint density at radius 3 is 2.21 bits per heavy atom. The summed E-state index contributed by atoms with van der Waals surface area (Å²) in [5, 5.41) is 0.588. The Morgan fingerprint density at radius 2 is 1.62 bits per heavy atom. The lowest BCUT2D eigenvalue weighted by molar-refractivity contribution is -0.123. The maximum absolute atomic E-state index is 13.9. The van der Waals surface area contributed by atoms with Gasteiger partial charge in [-0.05, 0) is 76.3 Å². The van der Waals surface area contributed by atoms with Gasteiger partial charge in [-0.1, -0.05) is 11.3 Å². The number of benzene rings is 2. The van der Waals surface area contributed by atoms with Crippen LogP contribution >= 0.6 is 11.3 Å². The fraction of sp³-hybridized carbons (Fsp3) is 0.481. The number of hydrogen-bond acceptors (Lipinski definition) is 9. The zero-order valence-corrected chi connectivity index (χ0v) is 24.7. The second-order valence-corrected chi connectivity index (χ2v) is 12.6. The number of carbonyl (C=O) groups is 1. The molecule has 39 heavy (non-hydrogen) atoms. The van der Waals surface area contributed by atoms with E-state index in [9.17, 15) is 13.2 Å². The number of piperidine rings is 1. The van der Waals surface area contributed by atoms with E-state index >= 15 is 0 Å². The number of hydrogen-bond donors (Lipinski definition) is 0. The molecule has 0 N–H and O–H groups in total. The third kappa shape index (κ3) is 6.29. The Hall–Kier alpha value is -2.93. The lowest BCUT2D eigenvalue weighted by atomic mass is 9.96. The van der Waals surface area contributed by atoms with Crippen molar-refractivity contribution in [1.82, 2.24) is 14.2 Å². The smallest absolute Gasteiger partial charge is 0.243 e. The number of amides is 1. The monoisotopic (exact) mass is 576 g/mol. The SMILES string of the molecule is COc1ccc(S(=O)(=O)N2CCC(C(=O)N(CCCN(C)C)c3nc4c(OC)ccc(OC)c4s3)CC2)cc1. The molecular weight excluding hydrogens is 540 g/mol. The van der Waals surface area contributed by atoms with E-state index in [-0.39, 0.29) is 29.8 Å². The highest BCUT2D eigenvalue weighted by atomic mass is 32.2. The van der Waals surface area contributed by atoms with Crippen molar-refractivity contribution >= 4 is 42.6 Å². The van der Waals surface area contributed by atoms with E-state index in [1.54, 1.807) is 43.4 Å². The first-order valence-corrected chi connectivity index (χ1v) is 15.1. The fourth-order valence-corrected chi connectivity index (χ4v) is 7.27. The van der Waals surface area contributed by atoms with Crippen LogP contribution in [0.4, 0.5) is 5.13 Å². The van der Waals surface area contributed by atoms with Gasteiger partial charge in [-0.3, -0.25) is 9.69 Å². The summed E-state index contributed by atoms with van der Waals surface area (Å²) >= 11 is 1.40. The summed E-state index contributed by atoms with van der Waals surface area (Å²) in [4.78, 5) is 22.7. The first-order valence-electron chi connectivity index (χ1n) is 12.8. The highest BCUT2D eigenvalue weighted by Gasteiger charge is 2.35. The second-order valence-electron chi connectivity index (χ2n) is 9.64. The Bertz CT molecular complexity index is 1340. The molecule has 0 atom stereocenters. The molecule has 4 rings (SSSR count). The van der Waals surface area contributed by atoms with Crippen LogP contribution in [0.1, 0.15) is 19.3 Å². The average Bonchev–Trinajstić information content (AvgIpc) is 3.39. The molecule has 212 valence electrons. The highest BCUT2D eigenvalue weighted by molar-refractivity contribution is 7.89. The molecule has 0 spiro atoms. The molecule has 0 saturated carbocycles. The molecule has 0 unspecified atom stereocenters. The number of anilines is 1. The van der Waals surface area contributed by atoms with Crippen molar-refractivity contribution in [2.24, 2.45) is 5.92 Å². The van der Waals surface area contributed by atoms with Crippen molar-refractivity contribution < 1.29 is 27.4 Å². The number of sulfonamides is 1. The van der Waals surface area contributed by atoms with Crippen molar-refractivity contribution in [1.29, 1.82) is 0 Å². The first-order chi connectivity index (χ1) is 18.7. The lowest BCUT2D eigenvalue weighted by Crippen LogP contribution is -2.45. The molecule has 0 radical (unpaired) electrons. The number of thiazole rings is 1. The van der Waals surface area contributed by atoms with Crippen LogP contribution in [0.2, 0.25) is 0 Å². The molecule has 2 heterocycles. The van der Waals surface area contributed by atoms with Crippen molar-refractivity contribution in [3.8, 4) is 17.2 Å². The van der Waals surface area contributed by atoms with E-state index in [0.717, 1.165) is 17.7 Å². The maximum Gasteiger partial charge on any atom is 0.243 e. The molecule has 1 fully saturated rings. The number of methoxy groups -OCH3 is 3. The molecule has 2 aromatic carbocycles. The summed E-state index contributed by atoms with van der Waals surface area (Å²) in [6, 6.07) is 10.0. The fourth-order valence-electron chi connectivity index (χ4n) is 4.70. The Labute approximate surface area is 234 Å². The zero-order chi connectivity index (χ0) is 28.2. The predicted octanol–water partition coefficient (Wildman–Crippen LogP) is 3.71. The van der Waals surface area contributed by atoms with Gasteiger partial charge in [-0.25, -0.2) is 13.4 Å². The van der Waals surface area contributed by atoms with Crippen LogP contribution in [0, 0.1) is 5.92 Å². The minimum atomic E-state index is -3.66. The van der Waals surface area contributed by atoms with Crippen LogP contribution in [0.5, 0.6) is 17.2 Å². The molecule has 12 heteroatoms. The highest BCUT2D eigenvalue weighted by Crippen LogP contribution is 2.41. The predicted molar refractivity (Wildman–Crippen MR) is 153 cm³/mol. The Morgan fingerprint density at radius 1 is 0.974 bits per heavy atom. The van der Waals surface area contributed by atoms with Gasteiger partial charge >= 0.3 is 0 Å². The van der Waals surface area contributed by atoms with Gasteiger partial charge in [0.25, 0.3) is 0 Å². The third-order valence-electron chi connectivity index (χ3n) is 6.88. The van der Waals surface area contributed by atoms with E-state index in [2.05, 4.69) is 4.90 Å². The molecule has 1 aliphatic rings. The quantitative estimate of drug-likeness (QED) is 0.341. The minimum Gasteiger partial charge on any atom is -0.497 e. The molecule has 1 aliphatic heterocycles. The van der Waals surface area contributed by atoms with E-state index < -0.39 is 10.0 Å². The number of nitrogens with zero attached hydrogens (tertiary/aromatic N) is 4. The molecule has 0 aliphatic carbocycles. The number of carbonyl (C=O) groups excluding carboxylic acids is 1. The summed E-state index contributed by atoms with van der Waals surface area (Å²) in [7, 11) is 5.08. The van der Waals surface area contributed by atoms with E-state index in [1.807, 2.05) is 26.2 Å². The van der Waals surface area contributed by atoms with Gasteiger partial charge < -0.3 is 19.1 Å². The summed E-state index contributed by atoms with van der Waals surface area (Å²) in [5.74, 6) is 1.55. The molecule has 0 bridgehead atoms. The average molecular weight is 577 g/mol. The molecule has 3 aromatic rings. The van der Waals surface area contributed by atoms with Gasteiger partial charge in [0.1, 0.15) is 27.5 Å². The first kappa shape index (κ1) is 29.1. The van der Waals surface area contributed by atoms with Gasteiger partial charge in [0, 0.05) is 25.6 Å². The van der Waals surface area contributed by atoms with Crippen molar-refractivity contribution in [2.75, 3.05) is 66.5 Å². The van der Waals surface area contributed by atoms with Gasteiger partial charge in [0.05, 0.1) is 26.2 Å². The van der Waals surface area contributed by atoms with Crippen LogP contribution in [-0.2, 0) is 14.8 Å². The largest absolute Gasteiger partial charge is 0.497 e. The number of fused-ring (bicyclic) bond motifs is 1. The van der Waals surface area contributed by atoms with Crippen LogP contribution in [0.3, 0.4) is 0 Å². The standard InChI is InChI=1S/C27H36N4O6S2/c1-29(2)15-6-16-31(27-28-24-22(36-4)11-12-23(37-5)25(24)38-27)26(32)19-13-17-30(18-14-19)39(33,34)21-9-7-20(35-3)8-10-21/h7-12,19H,6,13-18H2,1-5H3. The summed E-state index contributed by atoms with van der Waals surface area (Å²) in [6.45, 7) is 1.88. The summed E-state index contributed by atoms with van der Waals surface area (Å²) < 4.78 is 44.9. The van der Waals surface area contributed by atoms with E-state index in [4.69, 9.17) is 19.2 Å². The summed E-state index contributed by atoms with van der Waals surface area (Å²) in [5.41, 5.74) is 0.655. The number of ether oxygens (including phenoxy) is 3. The van der Waals surface area contributed by atoms with Crippen LogP contribution in [0.25, 0.3) is 10.2 Å². The van der Waals surface area contributed by atoms with E-state index in [1.165, 1.54) is 22.8 Å². The second kappa shape index (κ2) is 12.5. The topological polar surface area (TPSA) is 102 Å². The van der Waals surface area contributed by atoms with Crippen LogP contribution < -0.4 is 19.1 Å².